The highest BCUT2D eigenvalue weighted by Crippen LogP contribution is 2.26. The van der Waals surface area contributed by atoms with E-state index in [1.54, 1.807) is 24.3 Å². The number of benzene rings is 2. The van der Waals surface area contributed by atoms with Gasteiger partial charge in [-0.15, -0.1) is 0 Å². The minimum atomic E-state index is -3.59. The first-order chi connectivity index (χ1) is 10.8. The van der Waals surface area contributed by atoms with E-state index in [1.165, 1.54) is 0 Å². The molecule has 0 saturated carbocycles. The maximum Gasteiger partial charge on any atom is 0.261 e. The molecule has 0 amide bonds. The van der Waals surface area contributed by atoms with Crippen LogP contribution in [0.4, 0.5) is 5.69 Å². The van der Waals surface area contributed by atoms with Crippen molar-refractivity contribution in [1.82, 2.24) is 5.32 Å². The molecule has 23 heavy (non-hydrogen) atoms. The van der Waals surface area contributed by atoms with Crippen molar-refractivity contribution in [2.45, 2.75) is 25.7 Å². The van der Waals surface area contributed by atoms with Crippen LogP contribution in [0.5, 0.6) is 0 Å². The smallest absolute Gasteiger partial charge is 0.261 e. The van der Waals surface area contributed by atoms with E-state index in [4.69, 9.17) is 0 Å². The molecule has 4 nitrogen and oxygen atoms in total. The first kappa shape index (κ1) is 17.1. The molecule has 5 heteroatoms. The first-order valence-corrected chi connectivity index (χ1v) is 8.86. The predicted molar refractivity (Wildman–Crippen MR) is 96.0 cm³/mol. The summed E-state index contributed by atoms with van der Waals surface area (Å²) in [5, 5.41) is 2.94. The molecule has 0 aliphatic heterocycles. The van der Waals surface area contributed by atoms with Crippen LogP contribution in [-0.2, 0) is 10.0 Å². The normalized spacial score (nSPS) is 11.7. The Morgan fingerprint density at radius 2 is 1.52 bits per heavy atom. The Kier molecular flexibility index (Phi) is 5.11. The lowest BCUT2D eigenvalue weighted by Gasteiger charge is -2.14. The van der Waals surface area contributed by atoms with Gasteiger partial charge in [0.2, 0.25) is 0 Å². The zero-order chi connectivity index (χ0) is 17.0. The van der Waals surface area contributed by atoms with Crippen molar-refractivity contribution in [2.75, 3.05) is 11.8 Å². The van der Waals surface area contributed by atoms with E-state index in [2.05, 4.69) is 10.0 Å². The van der Waals surface area contributed by atoms with Gasteiger partial charge in [0.1, 0.15) is 0 Å². The fraction of sp³-hybridized carbons (Fsp3) is 0.222. The molecule has 0 aliphatic carbocycles. The molecule has 2 N–H and O–H groups in total. The van der Waals surface area contributed by atoms with Crippen molar-refractivity contribution >= 4 is 21.8 Å². The van der Waals surface area contributed by atoms with Gasteiger partial charge < -0.3 is 5.32 Å². The summed E-state index contributed by atoms with van der Waals surface area (Å²) < 4.78 is 27.8. The first-order valence-electron chi connectivity index (χ1n) is 7.38. The van der Waals surface area contributed by atoms with Gasteiger partial charge in [-0.25, -0.2) is 8.42 Å². The molecule has 0 radical (unpaired) electrons. The van der Waals surface area contributed by atoms with Crippen LogP contribution in [0.15, 0.2) is 47.5 Å². The van der Waals surface area contributed by atoms with E-state index in [9.17, 15) is 8.42 Å². The van der Waals surface area contributed by atoms with Crippen molar-refractivity contribution in [1.29, 1.82) is 0 Å². The minimum absolute atomic E-state index is 0.265. The Morgan fingerprint density at radius 3 is 2.04 bits per heavy atom. The van der Waals surface area contributed by atoms with Gasteiger partial charge >= 0.3 is 0 Å². The lowest BCUT2D eigenvalue weighted by molar-refractivity contribution is 0.601. The molecule has 2 aromatic carbocycles. The van der Waals surface area contributed by atoms with Crippen LogP contribution >= 0.6 is 0 Å². The predicted octanol–water partition coefficient (Wildman–Crippen LogP) is 3.60. The molecule has 0 fully saturated rings. The molecule has 0 unspecified atom stereocenters. The van der Waals surface area contributed by atoms with E-state index < -0.39 is 10.0 Å². The molecule has 0 aromatic heterocycles. The summed E-state index contributed by atoms with van der Waals surface area (Å²) in [6.45, 7) is 5.73. The van der Waals surface area contributed by atoms with E-state index in [1.807, 2.05) is 52.2 Å². The molecule has 0 bridgehead atoms. The van der Waals surface area contributed by atoms with Gasteiger partial charge in [0.15, 0.2) is 0 Å². The number of hydrogen-bond donors (Lipinski definition) is 2. The molecular weight excluding hydrogens is 308 g/mol. The Balaban J connectivity index is 2.36. The summed E-state index contributed by atoms with van der Waals surface area (Å²) in [5.41, 5.74) is 4.45. The third kappa shape index (κ3) is 4.13. The summed E-state index contributed by atoms with van der Waals surface area (Å²) in [7, 11) is -1.75. The number of anilines is 1. The van der Waals surface area contributed by atoms with Crippen molar-refractivity contribution in [3.63, 3.8) is 0 Å². The van der Waals surface area contributed by atoms with Crippen LogP contribution in [-0.4, -0.2) is 15.5 Å². The second-order valence-corrected chi connectivity index (χ2v) is 7.25. The molecular formula is C18H22N2O2S. The van der Waals surface area contributed by atoms with Crippen LogP contribution < -0.4 is 10.0 Å². The lowest BCUT2D eigenvalue weighted by Crippen LogP contribution is -2.14. The fourth-order valence-corrected chi connectivity index (χ4v) is 3.55. The quantitative estimate of drug-likeness (QED) is 0.880. The third-order valence-electron chi connectivity index (χ3n) is 3.57. The Morgan fingerprint density at radius 1 is 0.957 bits per heavy atom. The highest BCUT2D eigenvalue weighted by Gasteiger charge is 2.16. The second-order valence-electron chi connectivity index (χ2n) is 5.57. The van der Waals surface area contributed by atoms with Gasteiger partial charge in [0, 0.05) is 7.05 Å². The zero-order valence-electron chi connectivity index (χ0n) is 13.8. The van der Waals surface area contributed by atoms with E-state index in [0.717, 1.165) is 22.3 Å². The molecule has 0 aliphatic rings. The van der Waals surface area contributed by atoms with Gasteiger partial charge in [0.05, 0.1) is 10.6 Å². The van der Waals surface area contributed by atoms with Crippen LogP contribution in [0.25, 0.3) is 6.08 Å². The van der Waals surface area contributed by atoms with Crippen LogP contribution in [0.1, 0.15) is 22.3 Å². The maximum absolute atomic E-state index is 12.5. The fourth-order valence-electron chi connectivity index (χ4n) is 2.34. The van der Waals surface area contributed by atoms with Crippen LogP contribution in [0.3, 0.4) is 0 Å². The van der Waals surface area contributed by atoms with Crippen molar-refractivity contribution < 1.29 is 8.42 Å². The highest BCUT2D eigenvalue weighted by molar-refractivity contribution is 7.92. The van der Waals surface area contributed by atoms with Gasteiger partial charge in [0.25, 0.3) is 10.0 Å². The lowest BCUT2D eigenvalue weighted by atomic mass is 10.0. The maximum atomic E-state index is 12.5. The number of sulfonamides is 1. The minimum Gasteiger partial charge on any atom is -0.394 e. The Hall–Kier alpha value is -2.27. The van der Waals surface area contributed by atoms with Gasteiger partial charge in [-0.05, 0) is 74.0 Å². The highest BCUT2D eigenvalue weighted by atomic mass is 32.2. The van der Waals surface area contributed by atoms with E-state index in [-0.39, 0.29) is 4.90 Å². The van der Waals surface area contributed by atoms with E-state index in [0.29, 0.717) is 5.69 Å². The number of rotatable bonds is 5. The summed E-state index contributed by atoms with van der Waals surface area (Å²) in [6.07, 6.45) is 3.78. The number of nitrogens with one attached hydrogen (secondary N) is 2. The zero-order valence-corrected chi connectivity index (χ0v) is 14.7. The topological polar surface area (TPSA) is 58.2 Å². The van der Waals surface area contributed by atoms with Crippen LogP contribution in [0.2, 0.25) is 0 Å². The van der Waals surface area contributed by atoms with Gasteiger partial charge in [-0.2, -0.15) is 0 Å². The molecule has 0 spiro atoms. The third-order valence-corrected chi connectivity index (χ3v) is 4.93. The average Bonchev–Trinajstić information content (AvgIpc) is 2.49. The van der Waals surface area contributed by atoms with Crippen LogP contribution in [0, 0.1) is 20.8 Å². The number of hydrogen-bond acceptors (Lipinski definition) is 3. The Labute approximate surface area is 138 Å². The molecule has 0 atom stereocenters. The molecule has 0 heterocycles. The SMILES string of the molecule is CN/C=C/c1cc(C)c(NS(=O)(=O)c2ccc(C)cc2)c(C)c1. The molecule has 122 valence electrons. The largest absolute Gasteiger partial charge is 0.394 e. The summed E-state index contributed by atoms with van der Waals surface area (Å²) in [6, 6.07) is 10.7. The average molecular weight is 330 g/mol. The second kappa shape index (κ2) is 6.87. The Bertz CT molecular complexity index is 800. The number of aryl methyl sites for hydroxylation is 3. The summed E-state index contributed by atoms with van der Waals surface area (Å²) in [5.74, 6) is 0. The summed E-state index contributed by atoms with van der Waals surface area (Å²) in [4.78, 5) is 0.265. The van der Waals surface area contributed by atoms with E-state index >= 15 is 0 Å². The summed E-state index contributed by atoms with van der Waals surface area (Å²) >= 11 is 0. The van der Waals surface area contributed by atoms with Crippen molar-refractivity contribution in [2.24, 2.45) is 0 Å². The standard InChI is InChI=1S/C18H22N2O2S/c1-13-5-7-17(8-6-13)23(21,22)20-18-14(2)11-16(9-10-19-4)12-15(18)3/h5-12,19-20H,1-4H3/b10-9+. The molecule has 2 rings (SSSR count). The monoisotopic (exact) mass is 330 g/mol. The van der Waals surface area contributed by atoms with Crippen molar-refractivity contribution in [3.05, 3.63) is 64.9 Å². The van der Waals surface area contributed by atoms with Gasteiger partial charge in [-0.1, -0.05) is 17.7 Å². The molecule has 0 saturated heterocycles. The van der Waals surface area contributed by atoms with Crippen molar-refractivity contribution in [3.8, 4) is 0 Å². The van der Waals surface area contributed by atoms with Gasteiger partial charge in [-0.3, -0.25) is 4.72 Å². The molecule has 2 aromatic rings.